The average Bonchev–Trinajstić information content (AvgIpc) is 2.81. The lowest BCUT2D eigenvalue weighted by Gasteiger charge is -2.22. The van der Waals surface area contributed by atoms with Gasteiger partial charge in [0, 0.05) is 13.0 Å². The van der Waals surface area contributed by atoms with Crippen molar-refractivity contribution in [3.05, 3.63) is 59.7 Å². The summed E-state index contributed by atoms with van der Waals surface area (Å²) in [5.74, 6) is 1.26. The Kier molecular flexibility index (Phi) is 10.7. The molecule has 30 heavy (non-hydrogen) atoms. The average molecular weight is 420 g/mol. The molecule has 1 saturated carbocycles. The van der Waals surface area contributed by atoms with Crippen molar-refractivity contribution in [2.75, 3.05) is 13.7 Å². The monoisotopic (exact) mass is 419 g/mol. The predicted octanol–water partition coefficient (Wildman–Crippen LogP) is 5.88. The minimum absolute atomic E-state index is 0. The highest BCUT2D eigenvalue weighted by Gasteiger charge is 2.16. The fourth-order valence-corrected chi connectivity index (χ4v) is 3.21. The van der Waals surface area contributed by atoms with Crippen LogP contribution in [0.4, 0.5) is 4.39 Å². The number of hydrogen-bond donors (Lipinski definition) is 1. The molecule has 166 valence electrons. The van der Waals surface area contributed by atoms with Crippen LogP contribution in [0.3, 0.4) is 0 Å². The number of halogens is 1. The largest absolute Gasteiger partial charge is 0.489 e. The van der Waals surface area contributed by atoms with Crippen molar-refractivity contribution in [2.45, 2.75) is 58.6 Å². The van der Waals surface area contributed by atoms with Gasteiger partial charge in [-0.15, -0.1) is 0 Å². The van der Waals surface area contributed by atoms with Gasteiger partial charge >= 0.3 is 0 Å². The Balaban J connectivity index is 0.00000156. The Morgan fingerprint density at radius 3 is 2.17 bits per heavy atom. The van der Waals surface area contributed by atoms with E-state index in [0.29, 0.717) is 29.7 Å². The highest BCUT2D eigenvalue weighted by Crippen LogP contribution is 2.20. The van der Waals surface area contributed by atoms with Crippen LogP contribution in [0.1, 0.15) is 63.3 Å². The Hall–Kier alpha value is -2.60. The first-order chi connectivity index (χ1) is 14.7. The van der Waals surface area contributed by atoms with Crippen LogP contribution in [0.5, 0.6) is 11.5 Å². The van der Waals surface area contributed by atoms with Gasteiger partial charge in [-0.1, -0.05) is 45.2 Å². The number of rotatable bonds is 9. The fourth-order valence-electron chi connectivity index (χ4n) is 3.21. The van der Waals surface area contributed by atoms with E-state index in [-0.39, 0.29) is 14.1 Å². The molecule has 1 fully saturated rings. The number of carbonyl (C=O) groups is 1. The van der Waals surface area contributed by atoms with Gasteiger partial charge in [0.1, 0.15) is 18.1 Å². The van der Waals surface area contributed by atoms with Crippen molar-refractivity contribution in [1.82, 2.24) is 5.32 Å². The second-order valence-electron chi connectivity index (χ2n) is 6.84. The molecule has 0 bridgehead atoms. The minimum Gasteiger partial charge on any atom is -0.489 e. The quantitative estimate of drug-likeness (QED) is 0.407. The highest BCUT2D eigenvalue weighted by molar-refractivity contribution is 5.94. The van der Waals surface area contributed by atoms with E-state index in [2.05, 4.69) is 10.1 Å². The number of benzene rings is 2. The van der Waals surface area contributed by atoms with Crippen molar-refractivity contribution in [3.8, 4) is 11.5 Å². The van der Waals surface area contributed by atoms with Gasteiger partial charge in [-0.3, -0.25) is 4.79 Å². The van der Waals surface area contributed by atoms with E-state index in [0.717, 1.165) is 18.4 Å². The maximum Gasteiger partial charge on any atom is 0.251 e. The lowest BCUT2D eigenvalue weighted by molar-refractivity contribution is -0.0284. The van der Waals surface area contributed by atoms with Gasteiger partial charge in [0.15, 0.2) is 13.7 Å². The van der Waals surface area contributed by atoms with E-state index in [4.69, 9.17) is 9.47 Å². The molecule has 0 spiro atoms. The molecule has 0 saturated heterocycles. The van der Waals surface area contributed by atoms with Crippen molar-refractivity contribution in [2.24, 2.45) is 0 Å². The third-order valence-electron chi connectivity index (χ3n) is 4.77. The van der Waals surface area contributed by atoms with Crippen molar-refractivity contribution in [1.29, 1.82) is 0 Å². The maximum atomic E-state index is 12.3. The van der Waals surface area contributed by atoms with Crippen molar-refractivity contribution < 1.29 is 24.8 Å². The van der Waals surface area contributed by atoms with Crippen LogP contribution in [-0.4, -0.2) is 25.6 Å². The van der Waals surface area contributed by atoms with E-state index < -0.39 is 6.86 Å². The van der Waals surface area contributed by atoms with E-state index in [1.54, 1.807) is 24.3 Å². The number of alkyl halides is 1. The lowest BCUT2D eigenvalue weighted by atomic mass is 9.95. The molecule has 0 unspecified atom stereocenters. The van der Waals surface area contributed by atoms with Gasteiger partial charge in [-0.2, -0.15) is 0 Å². The van der Waals surface area contributed by atoms with Crippen LogP contribution >= 0.6 is 0 Å². The molecule has 0 aromatic heterocycles. The van der Waals surface area contributed by atoms with Crippen LogP contribution in [0.25, 0.3) is 0 Å². The second-order valence-corrected chi connectivity index (χ2v) is 6.84. The number of carbonyl (C=O) groups excluding carboxylic acids is 1. The molecule has 3 rings (SSSR count). The third-order valence-corrected chi connectivity index (χ3v) is 4.77. The Morgan fingerprint density at radius 1 is 0.967 bits per heavy atom. The zero-order valence-corrected chi connectivity index (χ0v) is 17.9. The van der Waals surface area contributed by atoms with Gasteiger partial charge in [0.05, 0.1) is 0 Å². The smallest absolute Gasteiger partial charge is 0.251 e. The summed E-state index contributed by atoms with van der Waals surface area (Å²) in [6.45, 7) is 3.40. The first kappa shape index (κ1) is 23.7. The summed E-state index contributed by atoms with van der Waals surface area (Å²) in [6.07, 6.45) is 5.80. The SMILES string of the molecule is CC.O=C(NC1CCCCC1)c1ccc(COc2ccc(OCOCF)cc2)cc1.[HH]. The van der Waals surface area contributed by atoms with Crippen LogP contribution < -0.4 is 14.8 Å². The minimum atomic E-state index is -0.873. The zero-order valence-electron chi connectivity index (χ0n) is 17.9. The molecule has 1 N–H and O–H groups in total. The molecule has 6 heteroatoms. The molecule has 0 radical (unpaired) electrons. The molecule has 0 atom stereocenters. The molecule has 2 aromatic rings. The number of ether oxygens (including phenoxy) is 3. The predicted molar refractivity (Wildman–Crippen MR) is 118 cm³/mol. The van der Waals surface area contributed by atoms with E-state index in [9.17, 15) is 9.18 Å². The van der Waals surface area contributed by atoms with E-state index >= 15 is 0 Å². The van der Waals surface area contributed by atoms with Crippen molar-refractivity contribution in [3.63, 3.8) is 0 Å². The molecule has 1 aliphatic rings. The Labute approximate surface area is 180 Å². The molecular formula is C24H34FNO4. The maximum absolute atomic E-state index is 12.3. The van der Waals surface area contributed by atoms with Gasteiger partial charge in [0.25, 0.3) is 5.91 Å². The molecule has 2 aromatic carbocycles. The summed E-state index contributed by atoms with van der Waals surface area (Å²) in [7, 11) is 0. The normalized spacial score (nSPS) is 13.7. The zero-order chi connectivity index (χ0) is 21.6. The van der Waals surface area contributed by atoms with Crippen molar-refractivity contribution >= 4 is 5.91 Å². The standard InChI is InChI=1S/C22H26FNO4.C2H6.H2/c23-15-26-16-28-21-12-10-20(11-13-21)27-14-17-6-8-18(9-7-17)22(25)24-19-4-2-1-3-5-19;1-2;/h6-13,19H,1-5,14-16H2,(H,24,25);1-2H3;1H. The van der Waals surface area contributed by atoms with E-state index in [1.807, 2.05) is 38.1 Å². The van der Waals surface area contributed by atoms with Crippen LogP contribution in [0.15, 0.2) is 48.5 Å². The number of amides is 1. The van der Waals surface area contributed by atoms with Crippen LogP contribution in [0, 0.1) is 0 Å². The number of hydrogen-bond acceptors (Lipinski definition) is 4. The Bertz CT molecular complexity index is 734. The molecular weight excluding hydrogens is 385 g/mol. The molecule has 1 amide bonds. The molecule has 1 aliphatic carbocycles. The third kappa shape index (κ3) is 8.03. The van der Waals surface area contributed by atoms with Gasteiger partial charge in [-0.05, 0) is 54.8 Å². The molecule has 0 heterocycles. The topological polar surface area (TPSA) is 56.8 Å². The highest BCUT2D eigenvalue weighted by atomic mass is 19.1. The lowest BCUT2D eigenvalue weighted by Crippen LogP contribution is -2.36. The summed E-state index contributed by atoms with van der Waals surface area (Å²) in [5.41, 5.74) is 1.65. The summed E-state index contributed by atoms with van der Waals surface area (Å²) in [6, 6.07) is 14.8. The Morgan fingerprint density at radius 2 is 1.57 bits per heavy atom. The van der Waals surface area contributed by atoms with Crippen LogP contribution in [-0.2, 0) is 11.3 Å². The first-order valence-corrected chi connectivity index (χ1v) is 10.6. The van der Waals surface area contributed by atoms with Gasteiger partial charge in [-0.25, -0.2) is 4.39 Å². The first-order valence-electron chi connectivity index (χ1n) is 10.6. The summed E-state index contributed by atoms with van der Waals surface area (Å²) < 4.78 is 27.3. The molecule has 5 nitrogen and oxygen atoms in total. The van der Waals surface area contributed by atoms with Gasteiger partial charge in [0.2, 0.25) is 0 Å². The summed E-state index contributed by atoms with van der Waals surface area (Å²) >= 11 is 0. The van der Waals surface area contributed by atoms with E-state index in [1.165, 1.54) is 19.3 Å². The summed E-state index contributed by atoms with van der Waals surface area (Å²) in [5, 5.41) is 3.12. The second kappa shape index (κ2) is 13.6. The van der Waals surface area contributed by atoms with Crippen LogP contribution in [0.2, 0.25) is 0 Å². The fraction of sp³-hybridized carbons (Fsp3) is 0.458. The number of nitrogens with one attached hydrogen (secondary N) is 1. The van der Waals surface area contributed by atoms with Gasteiger partial charge < -0.3 is 19.5 Å². The summed E-state index contributed by atoms with van der Waals surface area (Å²) in [4.78, 5) is 12.3. The molecule has 0 aliphatic heterocycles.